The fraction of sp³-hybridized carbons (Fsp3) is 0.333. The first kappa shape index (κ1) is 6.75. The minimum absolute atomic E-state index is 0.0436. The Morgan fingerprint density at radius 3 is 2.67 bits per heavy atom. The average molecular weight is 151 g/mol. The van der Waals surface area contributed by atoms with Crippen LogP contribution in [0.15, 0.2) is 24.1 Å². The molecule has 0 saturated carbocycles. The van der Waals surface area contributed by atoms with Gasteiger partial charge < -0.3 is 0 Å². The Balaban J connectivity index is 2.78. The lowest BCUT2D eigenvalue weighted by Gasteiger charge is -2.12. The molecule has 0 aliphatic heterocycles. The van der Waals surface area contributed by atoms with Crippen molar-refractivity contribution in [2.45, 2.75) is 11.5 Å². The average Bonchev–Trinajstić information content (AvgIpc) is 1.60. The summed E-state index contributed by atoms with van der Waals surface area (Å²) in [6, 6.07) is 0. The molecule has 1 aliphatic rings. The maximum atomic E-state index is 12.5. The van der Waals surface area contributed by atoms with Crippen molar-refractivity contribution in [1.29, 1.82) is 0 Å². The van der Waals surface area contributed by atoms with Crippen LogP contribution in [0.2, 0.25) is 0 Å². The van der Waals surface area contributed by atoms with Crippen LogP contribution in [0.3, 0.4) is 0 Å². The predicted octanol–water partition coefficient (Wildman–Crippen LogP) is 2.70. The highest BCUT2D eigenvalue weighted by atomic mass is 35.5. The number of hydrogen-bond donors (Lipinski definition) is 0. The molecule has 50 valence electrons. The molecule has 1 atom stereocenters. The molecule has 1 aliphatic carbocycles. The first-order chi connectivity index (χ1) is 4.10. The van der Waals surface area contributed by atoms with E-state index in [1.807, 2.05) is 0 Å². The number of alkyl halides is 2. The molecule has 0 heterocycles. The fourth-order valence-corrected chi connectivity index (χ4v) is 0.831. The van der Waals surface area contributed by atoms with E-state index in [0.717, 1.165) is 6.08 Å². The van der Waals surface area contributed by atoms with Gasteiger partial charge in [-0.3, -0.25) is 0 Å². The van der Waals surface area contributed by atoms with E-state index < -0.39 is 11.0 Å². The molecule has 0 nitrogen and oxygen atoms in total. The molecule has 0 bridgehead atoms. The van der Waals surface area contributed by atoms with Crippen molar-refractivity contribution < 1.29 is 8.78 Å². The predicted molar refractivity (Wildman–Crippen MR) is 32.6 cm³/mol. The Labute approximate surface area is 56.8 Å². The van der Waals surface area contributed by atoms with Gasteiger partial charge in [-0.1, -0.05) is 17.7 Å². The van der Waals surface area contributed by atoms with Crippen molar-refractivity contribution in [1.82, 2.24) is 0 Å². The van der Waals surface area contributed by atoms with Gasteiger partial charge in [-0.15, -0.1) is 0 Å². The summed E-state index contributed by atoms with van der Waals surface area (Å²) in [6.45, 7) is 0. The highest BCUT2D eigenvalue weighted by molar-refractivity contribution is 6.24. The smallest absolute Gasteiger partial charge is 0.208 e. The van der Waals surface area contributed by atoms with E-state index >= 15 is 0 Å². The summed E-state index contributed by atoms with van der Waals surface area (Å²) in [4.78, 5) is 0. The Morgan fingerprint density at radius 2 is 2.33 bits per heavy atom. The van der Waals surface area contributed by atoms with Crippen LogP contribution in [-0.4, -0.2) is 5.13 Å². The van der Waals surface area contributed by atoms with Gasteiger partial charge in [0.2, 0.25) is 5.13 Å². The van der Waals surface area contributed by atoms with E-state index in [2.05, 4.69) is 0 Å². The first-order valence-corrected chi connectivity index (χ1v) is 2.91. The molecule has 3 heteroatoms. The van der Waals surface area contributed by atoms with Gasteiger partial charge in [0.25, 0.3) is 0 Å². The lowest BCUT2D eigenvalue weighted by atomic mass is 10.1. The maximum Gasteiger partial charge on any atom is 0.208 e. The molecule has 0 spiro atoms. The van der Waals surface area contributed by atoms with Crippen molar-refractivity contribution in [3.05, 3.63) is 24.1 Å². The second-order valence-corrected chi connectivity index (χ2v) is 2.53. The zero-order valence-corrected chi connectivity index (χ0v) is 5.33. The number of hydrogen-bond acceptors (Lipinski definition) is 0. The zero-order chi connectivity index (χ0) is 6.91. The van der Waals surface area contributed by atoms with Gasteiger partial charge in [-0.2, -0.15) is 0 Å². The van der Waals surface area contributed by atoms with E-state index in [-0.39, 0.29) is 6.42 Å². The van der Waals surface area contributed by atoms with Crippen LogP contribution in [0.25, 0.3) is 0 Å². The van der Waals surface area contributed by atoms with Gasteiger partial charge in [0.1, 0.15) is 5.83 Å². The van der Waals surface area contributed by atoms with Gasteiger partial charge in [0.05, 0.1) is 0 Å². The second kappa shape index (κ2) is 2.10. The van der Waals surface area contributed by atoms with Crippen molar-refractivity contribution >= 4 is 11.6 Å². The Bertz CT molecular complexity index is 170. The molecule has 0 saturated heterocycles. The molecule has 0 N–H and O–H groups in total. The van der Waals surface area contributed by atoms with Crippen LogP contribution in [0.4, 0.5) is 8.78 Å². The highest BCUT2D eigenvalue weighted by Gasteiger charge is 2.24. The first-order valence-electron chi connectivity index (χ1n) is 2.53. The summed E-state index contributed by atoms with van der Waals surface area (Å²) >= 11 is 5.13. The van der Waals surface area contributed by atoms with Gasteiger partial charge in [-0.25, -0.2) is 8.78 Å². The third-order valence-corrected chi connectivity index (χ3v) is 1.28. The van der Waals surface area contributed by atoms with Crippen LogP contribution in [0, 0.1) is 0 Å². The molecule has 1 rings (SSSR count). The van der Waals surface area contributed by atoms with Crippen LogP contribution in [0.5, 0.6) is 0 Å². The molecule has 9 heavy (non-hydrogen) atoms. The van der Waals surface area contributed by atoms with E-state index in [9.17, 15) is 8.78 Å². The van der Waals surface area contributed by atoms with Crippen molar-refractivity contribution in [2.24, 2.45) is 0 Å². The van der Waals surface area contributed by atoms with E-state index in [0.29, 0.717) is 0 Å². The van der Waals surface area contributed by atoms with Crippen molar-refractivity contribution in [3.8, 4) is 0 Å². The van der Waals surface area contributed by atoms with Gasteiger partial charge in [0.15, 0.2) is 0 Å². The van der Waals surface area contributed by atoms with Crippen LogP contribution < -0.4 is 0 Å². The third kappa shape index (κ3) is 1.79. The number of allylic oxidation sites excluding steroid dienone is 4. The number of halogens is 3. The summed E-state index contributed by atoms with van der Waals surface area (Å²) in [7, 11) is 0. The standard InChI is InChI=1S/C6H5ClF2/c7-6(9)3-1-2-5(8)4-6/h1-2,4H,3H2. The van der Waals surface area contributed by atoms with E-state index in [1.165, 1.54) is 12.2 Å². The van der Waals surface area contributed by atoms with Gasteiger partial charge >= 0.3 is 0 Å². The highest BCUT2D eigenvalue weighted by Crippen LogP contribution is 2.29. The van der Waals surface area contributed by atoms with Crippen molar-refractivity contribution in [2.75, 3.05) is 0 Å². The molecule has 1 unspecified atom stereocenters. The Morgan fingerprint density at radius 1 is 1.67 bits per heavy atom. The molecule has 0 radical (unpaired) electrons. The van der Waals surface area contributed by atoms with E-state index in [4.69, 9.17) is 11.6 Å². The quantitative estimate of drug-likeness (QED) is 0.466. The summed E-state index contributed by atoms with van der Waals surface area (Å²) in [5.74, 6) is -0.612. The van der Waals surface area contributed by atoms with Crippen LogP contribution in [0.1, 0.15) is 6.42 Å². The summed E-state index contributed by atoms with van der Waals surface area (Å²) in [6.07, 6.45) is 3.36. The van der Waals surface area contributed by atoms with Gasteiger partial charge in [0, 0.05) is 12.5 Å². The third-order valence-electron chi connectivity index (χ3n) is 1.02. The summed E-state index contributed by atoms with van der Waals surface area (Å²) in [5.41, 5.74) is 0. The molecular weight excluding hydrogens is 146 g/mol. The Kier molecular flexibility index (Phi) is 1.58. The van der Waals surface area contributed by atoms with E-state index in [1.54, 1.807) is 0 Å². The molecule has 0 amide bonds. The largest absolute Gasteiger partial charge is 0.221 e. The molecule has 0 fully saturated rings. The molecule has 0 aromatic heterocycles. The minimum atomic E-state index is -2.00. The maximum absolute atomic E-state index is 12.5. The normalized spacial score (nSPS) is 34.3. The monoisotopic (exact) mass is 150 g/mol. The summed E-state index contributed by atoms with van der Waals surface area (Å²) < 4.78 is 24.6. The SMILES string of the molecule is FC1=CC(F)(Cl)CC=C1. The lowest BCUT2D eigenvalue weighted by molar-refractivity contribution is 0.340. The lowest BCUT2D eigenvalue weighted by Crippen LogP contribution is -2.11. The zero-order valence-electron chi connectivity index (χ0n) is 4.57. The molecule has 0 aromatic rings. The van der Waals surface area contributed by atoms with Crippen LogP contribution in [-0.2, 0) is 0 Å². The van der Waals surface area contributed by atoms with Crippen LogP contribution >= 0.6 is 11.6 Å². The van der Waals surface area contributed by atoms with Gasteiger partial charge in [-0.05, 0) is 6.08 Å². The fourth-order valence-electron chi connectivity index (χ4n) is 0.637. The summed E-state index contributed by atoms with van der Waals surface area (Å²) in [5, 5.41) is -2.00. The molecule has 0 aromatic carbocycles. The Hall–Kier alpha value is -0.370. The minimum Gasteiger partial charge on any atom is -0.221 e. The van der Waals surface area contributed by atoms with Crippen molar-refractivity contribution in [3.63, 3.8) is 0 Å². The second-order valence-electron chi connectivity index (χ2n) is 1.90. The molecular formula is C6H5ClF2. The number of rotatable bonds is 0. The topological polar surface area (TPSA) is 0 Å².